The molecule has 2 unspecified atom stereocenters. The third kappa shape index (κ3) is 1.70. The van der Waals surface area contributed by atoms with Crippen molar-refractivity contribution >= 4 is 6.47 Å². The van der Waals surface area contributed by atoms with Crippen LogP contribution in [-0.2, 0) is 9.53 Å². The molecule has 2 heteroatoms. The van der Waals surface area contributed by atoms with Gasteiger partial charge in [0.05, 0.1) is 0 Å². The van der Waals surface area contributed by atoms with Crippen molar-refractivity contribution in [1.82, 2.24) is 0 Å². The number of ether oxygens (including phenoxy) is 1. The van der Waals surface area contributed by atoms with Crippen molar-refractivity contribution in [3.8, 4) is 0 Å². The normalized spacial score (nSPS) is 28.0. The van der Waals surface area contributed by atoms with Gasteiger partial charge in [0.2, 0.25) is 0 Å². The van der Waals surface area contributed by atoms with Crippen molar-refractivity contribution in [1.29, 1.82) is 0 Å². The molecule has 2 nitrogen and oxygen atoms in total. The average Bonchev–Trinajstić information content (AvgIpc) is 2.73. The van der Waals surface area contributed by atoms with Gasteiger partial charge in [-0.2, -0.15) is 0 Å². The van der Waals surface area contributed by atoms with Crippen LogP contribution in [0.3, 0.4) is 0 Å². The summed E-state index contributed by atoms with van der Waals surface area (Å²) in [7, 11) is 0. The van der Waals surface area contributed by atoms with Crippen molar-refractivity contribution in [3.05, 3.63) is 11.6 Å². The summed E-state index contributed by atoms with van der Waals surface area (Å²) >= 11 is 0. The van der Waals surface area contributed by atoms with Gasteiger partial charge in [0.15, 0.2) is 0 Å². The second kappa shape index (κ2) is 4.16. The summed E-state index contributed by atoms with van der Waals surface area (Å²) in [5.41, 5.74) is 1.52. The fourth-order valence-corrected chi connectivity index (χ4v) is 2.50. The van der Waals surface area contributed by atoms with E-state index in [1.165, 1.54) is 5.57 Å². The van der Waals surface area contributed by atoms with Crippen molar-refractivity contribution in [2.45, 2.75) is 46.6 Å². The van der Waals surface area contributed by atoms with Gasteiger partial charge in [-0.05, 0) is 26.7 Å². The van der Waals surface area contributed by atoms with Crippen LogP contribution in [0.15, 0.2) is 11.6 Å². The quantitative estimate of drug-likeness (QED) is 0.499. The highest BCUT2D eigenvalue weighted by atomic mass is 16.5. The van der Waals surface area contributed by atoms with E-state index >= 15 is 0 Å². The summed E-state index contributed by atoms with van der Waals surface area (Å²) in [6, 6.07) is 0. The van der Waals surface area contributed by atoms with Gasteiger partial charge in [-0.3, -0.25) is 4.79 Å². The van der Waals surface area contributed by atoms with Gasteiger partial charge in [-0.15, -0.1) is 0 Å². The van der Waals surface area contributed by atoms with Gasteiger partial charge in [-0.1, -0.05) is 25.5 Å². The van der Waals surface area contributed by atoms with E-state index in [1.807, 2.05) is 0 Å². The van der Waals surface area contributed by atoms with Crippen LogP contribution in [0.25, 0.3) is 0 Å². The first-order valence-electron chi connectivity index (χ1n) is 5.36. The maximum Gasteiger partial charge on any atom is 0.293 e. The van der Waals surface area contributed by atoms with E-state index in [1.54, 1.807) is 0 Å². The lowest BCUT2D eigenvalue weighted by atomic mass is 9.96. The van der Waals surface area contributed by atoms with E-state index in [-0.39, 0.29) is 11.5 Å². The predicted octanol–water partition coefficient (Wildman–Crippen LogP) is 2.93. The summed E-state index contributed by atoms with van der Waals surface area (Å²) in [5.74, 6) is 0.438. The lowest BCUT2D eigenvalue weighted by molar-refractivity contribution is -0.131. The molecule has 0 heterocycles. The van der Waals surface area contributed by atoms with Gasteiger partial charge >= 0.3 is 0 Å². The highest BCUT2D eigenvalue weighted by Gasteiger charge is 2.62. The molecule has 0 aliphatic heterocycles. The molecule has 0 aromatic heterocycles. The topological polar surface area (TPSA) is 26.3 Å². The van der Waals surface area contributed by atoms with Crippen LogP contribution in [0.2, 0.25) is 0 Å². The third-order valence-corrected chi connectivity index (χ3v) is 3.48. The van der Waals surface area contributed by atoms with Gasteiger partial charge < -0.3 is 4.74 Å². The smallest absolute Gasteiger partial charge is 0.293 e. The Balaban J connectivity index is 2.76. The Labute approximate surface area is 86.3 Å². The minimum absolute atomic E-state index is 0.116. The summed E-state index contributed by atoms with van der Waals surface area (Å²) in [6.45, 7) is 9.11. The first-order chi connectivity index (χ1) is 6.62. The lowest BCUT2D eigenvalue weighted by Gasteiger charge is -2.10. The van der Waals surface area contributed by atoms with Crippen LogP contribution in [0.4, 0.5) is 0 Å². The number of rotatable bonds is 5. The molecule has 0 N–H and O–H groups in total. The summed E-state index contributed by atoms with van der Waals surface area (Å²) < 4.78 is 5.14. The van der Waals surface area contributed by atoms with E-state index in [2.05, 4.69) is 33.8 Å². The van der Waals surface area contributed by atoms with E-state index in [9.17, 15) is 4.79 Å². The molecule has 0 radical (unpaired) electrons. The lowest BCUT2D eigenvalue weighted by Crippen LogP contribution is -2.06. The van der Waals surface area contributed by atoms with E-state index in [0.717, 1.165) is 12.8 Å². The predicted molar refractivity (Wildman–Crippen MR) is 56.9 cm³/mol. The molecular weight excluding hydrogens is 176 g/mol. The maximum absolute atomic E-state index is 10.4. The standard InChI is InChI=1S/C12H20O2/c1-5-12(6-2)10(7-9(3)4)11(12)14-8-13/h7-8,10-11H,5-6H2,1-4H3. The second-order valence-corrected chi connectivity index (χ2v) is 4.36. The highest BCUT2D eigenvalue weighted by Crippen LogP contribution is 2.60. The molecule has 0 aromatic carbocycles. The van der Waals surface area contributed by atoms with Crippen molar-refractivity contribution in [2.75, 3.05) is 0 Å². The molecule has 80 valence electrons. The molecule has 0 saturated heterocycles. The van der Waals surface area contributed by atoms with Gasteiger partial charge in [0.1, 0.15) is 6.10 Å². The molecule has 1 fully saturated rings. The van der Waals surface area contributed by atoms with Gasteiger partial charge in [0.25, 0.3) is 6.47 Å². The first kappa shape index (κ1) is 11.3. The molecule has 1 saturated carbocycles. The number of hydrogen-bond acceptors (Lipinski definition) is 2. The van der Waals surface area contributed by atoms with Gasteiger partial charge in [-0.25, -0.2) is 0 Å². The number of hydrogen-bond donors (Lipinski definition) is 0. The SMILES string of the molecule is CCC1(CC)C(C=C(C)C)C1OC=O. The average molecular weight is 196 g/mol. The summed E-state index contributed by atoms with van der Waals surface area (Å²) in [4.78, 5) is 10.4. The second-order valence-electron chi connectivity index (χ2n) is 4.36. The summed E-state index contributed by atoms with van der Waals surface area (Å²) in [5, 5.41) is 0. The van der Waals surface area contributed by atoms with Crippen LogP contribution < -0.4 is 0 Å². The number of carbonyl (C=O) groups excluding carboxylic acids is 1. The van der Waals surface area contributed by atoms with Crippen LogP contribution >= 0.6 is 0 Å². The zero-order valence-corrected chi connectivity index (χ0v) is 9.54. The van der Waals surface area contributed by atoms with Crippen LogP contribution in [0, 0.1) is 11.3 Å². The molecule has 2 atom stereocenters. The zero-order chi connectivity index (χ0) is 10.8. The molecule has 0 amide bonds. The van der Waals surface area contributed by atoms with Crippen molar-refractivity contribution in [2.24, 2.45) is 11.3 Å². The van der Waals surface area contributed by atoms with Gasteiger partial charge in [0, 0.05) is 11.3 Å². The van der Waals surface area contributed by atoms with E-state index in [0.29, 0.717) is 12.4 Å². The third-order valence-electron chi connectivity index (χ3n) is 3.48. The van der Waals surface area contributed by atoms with E-state index in [4.69, 9.17) is 4.74 Å². The van der Waals surface area contributed by atoms with Crippen LogP contribution in [0.1, 0.15) is 40.5 Å². The van der Waals surface area contributed by atoms with Crippen LogP contribution in [-0.4, -0.2) is 12.6 Å². The highest BCUT2D eigenvalue weighted by molar-refractivity contribution is 5.40. The minimum atomic E-state index is 0.116. The Morgan fingerprint density at radius 3 is 2.29 bits per heavy atom. The maximum atomic E-state index is 10.4. The molecule has 0 bridgehead atoms. The molecule has 1 rings (SSSR count). The Morgan fingerprint density at radius 1 is 1.36 bits per heavy atom. The Morgan fingerprint density at radius 2 is 1.93 bits per heavy atom. The van der Waals surface area contributed by atoms with Crippen molar-refractivity contribution in [3.63, 3.8) is 0 Å². The zero-order valence-electron chi connectivity index (χ0n) is 9.54. The van der Waals surface area contributed by atoms with Crippen LogP contribution in [0.5, 0.6) is 0 Å². The Kier molecular flexibility index (Phi) is 3.35. The fraction of sp³-hybridized carbons (Fsp3) is 0.750. The first-order valence-corrected chi connectivity index (χ1v) is 5.36. The molecule has 0 aromatic rings. The molecule has 14 heavy (non-hydrogen) atoms. The minimum Gasteiger partial charge on any atom is -0.463 e. The molecular formula is C12H20O2. The molecule has 0 spiro atoms. The summed E-state index contributed by atoms with van der Waals surface area (Å²) in [6.07, 6.45) is 4.51. The Bertz CT molecular complexity index is 235. The Hall–Kier alpha value is -0.790. The number of allylic oxidation sites excluding steroid dienone is 1. The number of carbonyl (C=O) groups is 1. The van der Waals surface area contributed by atoms with E-state index < -0.39 is 0 Å². The monoisotopic (exact) mass is 196 g/mol. The fourth-order valence-electron chi connectivity index (χ4n) is 2.50. The molecule has 1 aliphatic rings. The van der Waals surface area contributed by atoms with Crippen molar-refractivity contribution < 1.29 is 9.53 Å². The molecule has 1 aliphatic carbocycles. The largest absolute Gasteiger partial charge is 0.463 e.